The summed E-state index contributed by atoms with van der Waals surface area (Å²) in [7, 11) is 0. The maximum atomic E-state index is 12.8. The second-order valence-corrected chi connectivity index (χ2v) is 2.86. The zero-order valence-corrected chi connectivity index (χ0v) is 7.49. The smallest absolute Gasteiger partial charge is 0.342 e. The summed E-state index contributed by atoms with van der Waals surface area (Å²) in [6, 6.07) is 1.34. The third-order valence-electron chi connectivity index (χ3n) is 1.49. The van der Waals surface area contributed by atoms with Crippen molar-refractivity contribution in [3.63, 3.8) is 0 Å². The van der Waals surface area contributed by atoms with E-state index >= 15 is 0 Å². The normalized spacial score (nSPS) is 9.86. The van der Waals surface area contributed by atoms with Crippen LogP contribution in [-0.2, 0) is 0 Å². The number of aromatic carboxylic acids is 1. The fourth-order valence-corrected chi connectivity index (χ4v) is 1.07. The highest BCUT2D eigenvalue weighted by Crippen LogP contribution is 2.24. The first-order valence-electron chi connectivity index (χ1n) is 3.33. The molecule has 0 bridgehead atoms. The Labute approximate surface area is 82.7 Å². The lowest BCUT2D eigenvalue weighted by molar-refractivity contribution is -0.385. The molecule has 1 aromatic rings. The predicted octanol–water partition coefficient (Wildman–Crippen LogP) is 1.72. The van der Waals surface area contributed by atoms with Gasteiger partial charge in [0.25, 0.3) is 5.69 Å². The molecule has 14 heavy (non-hydrogen) atoms. The van der Waals surface area contributed by atoms with Gasteiger partial charge in [0.2, 0.25) is 0 Å². The van der Waals surface area contributed by atoms with Crippen LogP contribution in [0.25, 0.3) is 0 Å². The van der Waals surface area contributed by atoms with E-state index in [2.05, 4.69) is 12.6 Å². The second-order valence-electron chi connectivity index (χ2n) is 2.38. The molecule has 0 aromatic heterocycles. The van der Waals surface area contributed by atoms with Gasteiger partial charge in [0.05, 0.1) is 11.0 Å². The van der Waals surface area contributed by atoms with Gasteiger partial charge in [0.1, 0.15) is 11.4 Å². The Morgan fingerprint density at radius 2 is 2.14 bits per heavy atom. The standard InChI is InChI=1S/C7H4FNO4S/c8-4-2-5(9(12)13)3(7(10)11)1-6(4)14/h1-2,14H,(H,10,11). The largest absolute Gasteiger partial charge is 0.477 e. The maximum Gasteiger partial charge on any atom is 0.342 e. The van der Waals surface area contributed by atoms with Crippen molar-refractivity contribution in [1.82, 2.24) is 0 Å². The molecule has 1 N–H and O–H groups in total. The lowest BCUT2D eigenvalue weighted by Crippen LogP contribution is -2.03. The van der Waals surface area contributed by atoms with Crippen LogP contribution in [0.5, 0.6) is 0 Å². The highest BCUT2D eigenvalue weighted by molar-refractivity contribution is 7.80. The van der Waals surface area contributed by atoms with E-state index in [-0.39, 0.29) is 4.90 Å². The van der Waals surface area contributed by atoms with Crippen molar-refractivity contribution in [3.05, 3.63) is 33.6 Å². The molecule has 1 aromatic carbocycles. The van der Waals surface area contributed by atoms with Gasteiger partial charge in [-0.05, 0) is 6.07 Å². The summed E-state index contributed by atoms with van der Waals surface area (Å²) in [6.07, 6.45) is 0. The molecular weight excluding hydrogens is 213 g/mol. The molecular formula is C7H4FNO4S. The molecule has 0 heterocycles. The van der Waals surface area contributed by atoms with Gasteiger partial charge in [-0.25, -0.2) is 9.18 Å². The molecule has 7 heteroatoms. The van der Waals surface area contributed by atoms with Crippen LogP contribution in [0, 0.1) is 15.9 Å². The van der Waals surface area contributed by atoms with Crippen LogP contribution >= 0.6 is 12.6 Å². The molecule has 0 amide bonds. The molecule has 0 radical (unpaired) electrons. The molecule has 74 valence electrons. The molecule has 0 fully saturated rings. The fraction of sp³-hybridized carbons (Fsp3) is 0. The molecule has 0 unspecified atom stereocenters. The SMILES string of the molecule is O=C(O)c1cc(S)c(F)cc1[N+](=O)[O-]. The van der Waals surface area contributed by atoms with Crippen LogP contribution in [0.4, 0.5) is 10.1 Å². The predicted molar refractivity (Wildman–Crippen MR) is 47.3 cm³/mol. The maximum absolute atomic E-state index is 12.8. The molecule has 0 atom stereocenters. The first-order chi connectivity index (χ1) is 6.43. The molecule has 0 saturated heterocycles. The molecule has 0 aliphatic carbocycles. The fourth-order valence-electron chi connectivity index (χ4n) is 0.874. The van der Waals surface area contributed by atoms with E-state index in [1.54, 1.807) is 0 Å². The van der Waals surface area contributed by atoms with Crippen LogP contribution in [0.15, 0.2) is 17.0 Å². The van der Waals surface area contributed by atoms with Gasteiger partial charge in [-0.2, -0.15) is 0 Å². The topological polar surface area (TPSA) is 80.4 Å². The number of nitrogens with zero attached hydrogens (tertiary/aromatic N) is 1. The average Bonchev–Trinajstić information content (AvgIpc) is 2.08. The van der Waals surface area contributed by atoms with Gasteiger partial charge in [-0.3, -0.25) is 10.1 Å². The number of nitro benzene ring substituents is 1. The third kappa shape index (κ3) is 1.82. The summed E-state index contributed by atoms with van der Waals surface area (Å²) in [6.45, 7) is 0. The Bertz CT molecular complexity index is 381. The average molecular weight is 217 g/mol. The molecule has 0 aliphatic rings. The number of thiol groups is 1. The van der Waals surface area contributed by atoms with E-state index in [0.717, 1.165) is 6.07 Å². The van der Waals surface area contributed by atoms with Gasteiger partial charge < -0.3 is 5.11 Å². The molecule has 0 aliphatic heterocycles. The van der Waals surface area contributed by atoms with Gasteiger partial charge in [-0.1, -0.05) is 0 Å². The van der Waals surface area contributed by atoms with E-state index in [1.807, 2.05) is 0 Å². The van der Waals surface area contributed by atoms with E-state index < -0.39 is 28.0 Å². The number of nitro groups is 1. The number of halogens is 1. The van der Waals surface area contributed by atoms with Crippen LogP contribution in [0.2, 0.25) is 0 Å². The van der Waals surface area contributed by atoms with Crippen molar-refractivity contribution in [1.29, 1.82) is 0 Å². The van der Waals surface area contributed by atoms with E-state index in [1.165, 1.54) is 0 Å². The lowest BCUT2D eigenvalue weighted by Gasteiger charge is -1.99. The highest BCUT2D eigenvalue weighted by Gasteiger charge is 2.22. The van der Waals surface area contributed by atoms with E-state index in [9.17, 15) is 19.3 Å². The van der Waals surface area contributed by atoms with Crippen LogP contribution in [0.1, 0.15) is 10.4 Å². The minimum absolute atomic E-state index is 0.243. The second kappa shape index (κ2) is 3.62. The molecule has 0 saturated carbocycles. The van der Waals surface area contributed by atoms with Gasteiger partial charge in [-0.15, -0.1) is 12.6 Å². The van der Waals surface area contributed by atoms with Gasteiger partial charge >= 0.3 is 5.97 Å². The Hall–Kier alpha value is -1.63. The first-order valence-corrected chi connectivity index (χ1v) is 3.78. The van der Waals surface area contributed by atoms with Crippen LogP contribution in [0.3, 0.4) is 0 Å². The number of benzene rings is 1. The van der Waals surface area contributed by atoms with Crippen molar-refractivity contribution in [2.75, 3.05) is 0 Å². The van der Waals surface area contributed by atoms with Crippen molar-refractivity contribution in [2.45, 2.75) is 4.90 Å². The molecule has 0 spiro atoms. The minimum atomic E-state index is -1.49. The number of carbonyl (C=O) groups is 1. The zero-order chi connectivity index (χ0) is 10.9. The number of carboxylic acid groups (broad SMARTS) is 1. The van der Waals surface area contributed by atoms with Gasteiger partial charge in [0, 0.05) is 4.90 Å². The van der Waals surface area contributed by atoms with Crippen molar-refractivity contribution in [2.24, 2.45) is 0 Å². The van der Waals surface area contributed by atoms with Crippen molar-refractivity contribution >= 4 is 24.3 Å². The Kier molecular flexibility index (Phi) is 2.70. The number of rotatable bonds is 2. The van der Waals surface area contributed by atoms with Crippen molar-refractivity contribution < 1.29 is 19.2 Å². The quantitative estimate of drug-likeness (QED) is 0.449. The Balaban J connectivity index is 3.46. The summed E-state index contributed by atoms with van der Waals surface area (Å²) in [5.74, 6) is -2.42. The summed E-state index contributed by atoms with van der Waals surface area (Å²) in [4.78, 5) is 19.7. The highest BCUT2D eigenvalue weighted by atomic mass is 32.1. The molecule has 5 nitrogen and oxygen atoms in total. The Morgan fingerprint density at radius 1 is 1.57 bits per heavy atom. The van der Waals surface area contributed by atoms with Gasteiger partial charge in [0.15, 0.2) is 0 Å². The first kappa shape index (κ1) is 10.5. The van der Waals surface area contributed by atoms with Crippen LogP contribution in [-0.4, -0.2) is 16.0 Å². The summed E-state index contributed by atoms with van der Waals surface area (Å²) < 4.78 is 12.8. The lowest BCUT2D eigenvalue weighted by atomic mass is 10.2. The summed E-state index contributed by atoms with van der Waals surface area (Å²) in [5, 5.41) is 18.9. The monoisotopic (exact) mass is 217 g/mol. The summed E-state index contributed by atoms with van der Waals surface area (Å²) in [5.41, 5.74) is -1.37. The number of carboxylic acids is 1. The van der Waals surface area contributed by atoms with E-state index in [4.69, 9.17) is 5.11 Å². The van der Waals surface area contributed by atoms with Crippen molar-refractivity contribution in [3.8, 4) is 0 Å². The van der Waals surface area contributed by atoms with Crippen LogP contribution < -0.4 is 0 Å². The number of hydrogen-bond acceptors (Lipinski definition) is 4. The zero-order valence-electron chi connectivity index (χ0n) is 6.60. The molecule has 1 rings (SSSR count). The third-order valence-corrected chi connectivity index (χ3v) is 1.83. The number of hydrogen-bond donors (Lipinski definition) is 2. The van der Waals surface area contributed by atoms with E-state index in [0.29, 0.717) is 6.07 Å². The summed E-state index contributed by atoms with van der Waals surface area (Å²) >= 11 is 3.62. The minimum Gasteiger partial charge on any atom is -0.477 e. The Morgan fingerprint density at radius 3 is 2.57 bits per heavy atom.